The standard InChI is InChI=1S/C24H24N2O6/c27-21-12-16(14-26(21)18-8-9-19-20(13-18)31-11-10-30-19)24(29)32-22(15-4-2-1-3-5-15)23(28)25-17-6-7-17/h1-5,8-9,13,16-17,22H,6-7,10-12,14H2,(H,25,28)/t16-,22+/m0/s1. The van der Waals surface area contributed by atoms with Crippen LogP contribution in [0.4, 0.5) is 5.69 Å². The molecule has 0 unspecified atom stereocenters. The van der Waals surface area contributed by atoms with Crippen molar-refractivity contribution in [1.82, 2.24) is 5.32 Å². The van der Waals surface area contributed by atoms with E-state index in [0.717, 1.165) is 12.8 Å². The molecule has 3 aliphatic rings. The molecule has 166 valence electrons. The van der Waals surface area contributed by atoms with Crippen LogP contribution in [-0.4, -0.2) is 43.6 Å². The molecule has 1 aliphatic carbocycles. The molecule has 32 heavy (non-hydrogen) atoms. The minimum Gasteiger partial charge on any atom is -0.486 e. The quantitative estimate of drug-likeness (QED) is 0.699. The fourth-order valence-corrected chi connectivity index (χ4v) is 3.93. The highest BCUT2D eigenvalue weighted by atomic mass is 16.6. The van der Waals surface area contributed by atoms with E-state index >= 15 is 0 Å². The third-order valence-corrected chi connectivity index (χ3v) is 5.79. The van der Waals surface area contributed by atoms with Gasteiger partial charge in [-0.15, -0.1) is 0 Å². The SMILES string of the molecule is O=C(O[C@@H](C(=O)NC1CC1)c1ccccc1)[C@H]1CC(=O)N(c2ccc3c(c2)OCCO3)C1. The fraction of sp³-hybridized carbons (Fsp3) is 0.375. The van der Waals surface area contributed by atoms with Crippen LogP contribution in [-0.2, 0) is 19.1 Å². The summed E-state index contributed by atoms with van der Waals surface area (Å²) in [5.74, 6) is -0.514. The van der Waals surface area contributed by atoms with Gasteiger partial charge in [-0.2, -0.15) is 0 Å². The summed E-state index contributed by atoms with van der Waals surface area (Å²) in [6.07, 6.45) is 0.854. The van der Waals surface area contributed by atoms with Gasteiger partial charge < -0.3 is 24.4 Å². The van der Waals surface area contributed by atoms with Crippen LogP contribution in [0.15, 0.2) is 48.5 Å². The Morgan fingerprint density at radius 3 is 2.53 bits per heavy atom. The van der Waals surface area contributed by atoms with Crippen molar-refractivity contribution in [3.63, 3.8) is 0 Å². The molecule has 0 bridgehead atoms. The Labute approximate surface area is 185 Å². The number of rotatable bonds is 6. The van der Waals surface area contributed by atoms with Gasteiger partial charge in [-0.1, -0.05) is 30.3 Å². The van der Waals surface area contributed by atoms with Crippen LogP contribution in [0, 0.1) is 5.92 Å². The van der Waals surface area contributed by atoms with Crippen LogP contribution in [0.25, 0.3) is 0 Å². The normalized spacial score (nSPS) is 20.6. The van der Waals surface area contributed by atoms with E-state index in [1.165, 1.54) is 0 Å². The second-order valence-corrected chi connectivity index (χ2v) is 8.24. The lowest BCUT2D eigenvalue weighted by molar-refractivity contribution is -0.160. The molecule has 2 aromatic rings. The molecule has 2 aromatic carbocycles. The van der Waals surface area contributed by atoms with E-state index in [1.807, 2.05) is 6.07 Å². The highest BCUT2D eigenvalue weighted by molar-refractivity contribution is 6.00. The number of benzene rings is 2. The lowest BCUT2D eigenvalue weighted by atomic mass is 10.1. The Hall–Kier alpha value is -3.55. The topological polar surface area (TPSA) is 94.2 Å². The van der Waals surface area contributed by atoms with E-state index in [1.54, 1.807) is 47.4 Å². The average molecular weight is 436 g/mol. The summed E-state index contributed by atoms with van der Waals surface area (Å²) in [6.45, 7) is 1.12. The Morgan fingerprint density at radius 1 is 1.03 bits per heavy atom. The Morgan fingerprint density at radius 2 is 1.78 bits per heavy atom. The van der Waals surface area contributed by atoms with Gasteiger partial charge in [-0.05, 0) is 25.0 Å². The zero-order chi connectivity index (χ0) is 22.1. The zero-order valence-electron chi connectivity index (χ0n) is 17.5. The molecule has 2 fully saturated rings. The summed E-state index contributed by atoms with van der Waals surface area (Å²) < 4.78 is 16.8. The first-order chi connectivity index (χ1) is 15.6. The second-order valence-electron chi connectivity index (χ2n) is 8.24. The van der Waals surface area contributed by atoms with Crippen molar-refractivity contribution in [2.75, 3.05) is 24.7 Å². The molecule has 5 rings (SSSR count). The second kappa shape index (κ2) is 8.53. The summed E-state index contributed by atoms with van der Waals surface area (Å²) in [6, 6.07) is 14.4. The first-order valence-electron chi connectivity index (χ1n) is 10.8. The molecule has 0 aromatic heterocycles. The number of carbonyl (C=O) groups excluding carboxylic acids is 3. The maximum atomic E-state index is 13.0. The van der Waals surface area contributed by atoms with E-state index < -0.39 is 18.0 Å². The number of fused-ring (bicyclic) bond motifs is 1. The van der Waals surface area contributed by atoms with Crippen LogP contribution in [0.1, 0.15) is 30.9 Å². The number of nitrogens with zero attached hydrogens (tertiary/aromatic N) is 1. The van der Waals surface area contributed by atoms with Gasteiger partial charge in [0.25, 0.3) is 5.91 Å². The number of amides is 2. The van der Waals surface area contributed by atoms with Gasteiger partial charge in [0.15, 0.2) is 11.5 Å². The van der Waals surface area contributed by atoms with Gasteiger partial charge in [0.1, 0.15) is 13.2 Å². The van der Waals surface area contributed by atoms with Crippen molar-refractivity contribution >= 4 is 23.5 Å². The van der Waals surface area contributed by atoms with Crippen LogP contribution < -0.4 is 19.7 Å². The molecule has 2 amide bonds. The monoisotopic (exact) mass is 436 g/mol. The highest BCUT2D eigenvalue weighted by Gasteiger charge is 2.39. The van der Waals surface area contributed by atoms with Crippen molar-refractivity contribution in [3.05, 3.63) is 54.1 Å². The number of anilines is 1. The molecule has 1 saturated carbocycles. The number of hydrogen-bond acceptors (Lipinski definition) is 6. The summed E-state index contributed by atoms with van der Waals surface area (Å²) >= 11 is 0. The molecular weight excluding hydrogens is 412 g/mol. The third kappa shape index (κ3) is 4.26. The van der Waals surface area contributed by atoms with E-state index in [2.05, 4.69) is 5.32 Å². The lowest BCUT2D eigenvalue weighted by Gasteiger charge is -2.22. The van der Waals surface area contributed by atoms with E-state index in [4.69, 9.17) is 14.2 Å². The maximum absolute atomic E-state index is 13.0. The first-order valence-corrected chi connectivity index (χ1v) is 10.8. The minimum absolute atomic E-state index is 0.0268. The summed E-state index contributed by atoms with van der Waals surface area (Å²) in [5.41, 5.74) is 1.24. The number of esters is 1. The van der Waals surface area contributed by atoms with E-state index in [0.29, 0.717) is 36.0 Å². The number of nitrogens with one attached hydrogen (secondary N) is 1. The van der Waals surface area contributed by atoms with Crippen molar-refractivity contribution in [3.8, 4) is 11.5 Å². The Balaban J connectivity index is 1.29. The van der Waals surface area contributed by atoms with Gasteiger partial charge in [0.2, 0.25) is 12.0 Å². The van der Waals surface area contributed by atoms with Crippen LogP contribution in [0.3, 0.4) is 0 Å². The minimum atomic E-state index is -1.04. The van der Waals surface area contributed by atoms with Crippen LogP contribution in [0.2, 0.25) is 0 Å². The van der Waals surface area contributed by atoms with Gasteiger partial charge in [-0.25, -0.2) is 0 Å². The predicted molar refractivity (Wildman–Crippen MR) is 114 cm³/mol. The molecule has 1 saturated heterocycles. The fourth-order valence-electron chi connectivity index (χ4n) is 3.93. The molecule has 0 radical (unpaired) electrons. The largest absolute Gasteiger partial charge is 0.486 e. The zero-order valence-corrected chi connectivity index (χ0v) is 17.5. The molecule has 2 aliphatic heterocycles. The van der Waals surface area contributed by atoms with E-state index in [9.17, 15) is 14.4 Å². The van der Waals surface area contributed by atoms with Crippen molar-refractivity contribution in [2.24, 2.45) is 5.92 Å². The van der Waals surface area contributed by atoms with Gasteiger partial charge in [-0.3, -0.25) is 14.4 Å². The number of hydrogen-bond donors (Lipinski definition) is 1. The molecule has 2 atom stereocenters. The van der Waals surface area contributed by atoms with Crippen LogP contribution in [0.5, 0.6) is 11.5 Å². The Bertz CT molecular complexity index is 1040. The van der Waals surface area contributed by atoms with Crippen LogP contribution >= 0.6 is 0 Å². The Kier molecular flexibility index (Phi) is 5.43. The van der Waals surface area contributed by atoms with Crippen molar-refractivity contribution in [2.45, 2.75) is 31.4 Å². The average Bonchev–Trinajstić information content (AvgIpc) is 3.55. The smallest absolute Gasteiger partial charge is 0.312 e. The third-order valence-electron chi connectivity index (χ3n) is 5.79. The lowest BCUT2D eigenvalue weighted by Crippen LogP contribution is -2.35. The molecular formula is C24H24N2O6. The molecule has 2 heterocycles. The first kappa shape index (κ1) is 20.4. The molecule has 8 heteroatoms. The summed E-state index contributed by atoms with van der Waals surface area (Å²) in [7, 11) is 0. The van der Waals surface area contributed by atoms with Gasteiger partial charge in [0.05, 0.1) is 5.92 Å². The van der Waals surface area contributed by atoms with Crippen molar-refractivity contribution in [1.29, 1.82) is 0 Å². The van der Waals surface area contributed by atoms with Gasteiger partial charge in [0, 0.05) is 36.3 Å². The summed E-state index contributed by atoms with van der Waals surface area (Å²) in [5, 5.41) is 2.90. The molecule has 1 N–H and O–H groups in total. The van der Waals surface area contributed by atoms with Crippen molar-refractivity contribution < 1.29 is 28.6 Å². The number of carbonyl (C=O) groups is 3. The predicted octanol–water partition coefficient (Wildman–Crippen LogP) is 2.37. The van der Waals surface area contributed by atoms with E-state index in [-0.39, 0.29) is 30.8 Å². The number of ether oxygens (including phenoxy) is 3. The molecule has 8 nitrogen and oxygen atoms in total. The highest BCUT2D eigenvalue weighted by Crippen LogP contribution is 2.36. The van der Waals surface area contributed by atoms with Gasteiger partial charge >= 0.3 is 5.97 Å². The summed E-state index contributed by atoms with van der Waals surface area (Å²) in [4.78, 5) is 39.9. The molecule has 0 spiro atoms. The maximum Gasteiger partial charge on any atom is 0.312 e.